The SMILES string of the molecule is N#CCc1ccc(CN2C(=O)CC[C@@H]2CO)cc1. The summed E-state index contributed by atoms with van der Waals surface area (Å²) in [5, 5.41) is 17.8. The molecule has 0 radical (unpaired) electrons. The molecule has 18 heavy (non-hydrogen) atoms. The number of amides is 1. The lowest BCUT2D eigenvalue weighted by molar-refractivity contribution is -0.130. The average molecular weight is 244 g/mol. The van der Waals surface area contributed by atoms with Crippen LogP contribution in [0.1, 0.15) is 24.0 Å². The van der Waals surface area contributed by atoms with Crippen LogP contribution in [0.4, 0.5) is 0 Å². The molecule has 1 aromatic carbocycles. The van der Waals surface area contributed by atoms with E-state index in [1.807, 2.05) is 24.3 Å². The fourth-order valence-electron chi connectivity index (χ4n) is 2.25. The Morgan fingerprint density at radius 1 is 1.33 bits per heavy atom. The van der Waals surface area contributed by atoms with Gasteiger partial charge < -0.3 is 10.0 Å². The summed E-state index contributed by atoms with van der Waals surface area (Å²) in [7, 11) is 0. The predicted octanol–water partition coefficient (Wildman–Crippen LogP) is 1.24. The maximum Gasteiger partial charge on any atom is 0.223 e. The van der Waals surface area contributed by atoms with Crippen molar-refractivity contribution in [2.24, 2.45) is 0 Å². The molecular formula is C14H16N2O2. The summed E-state index contributed by atoms with van der Waals surface area (Å²) in [4.78, 5) is 13.4. The number of aliphatic hydroxyl groups excluding tert-OH is 1. The molecule has 1 saturated heterocycles. The predicted molar refractivity (Wildman–Crippen MR) is 66.4 cm³/mol. The molecule has 0 saturated carbocycles. The van der Waals surface area contributed by atoms with E-state index in [0.29, 0.717) is 19.4 Å². The highest BCUT2D eigenvalue weighted by atomic mass is 16.3. The van der Waals surface area contributed by atoms with Crippen molar-refractivity contribution in [1.82, 2.24) is 4.90 Å². The molecule has 4 heteroatoms. The van der Waals surface area contributed by atoms with Gasteiger partial charge in [-0.25, -0.2) is 0 Å². The van der Waals surface area contributed by atoms with Crippen molar-refractivity contribution < 1.29 is 9.90 Å². The second-order valence-electron chi connectivity index (χ2n) is 4.55. The molecule has 1 amide bonds. The van der Waals surface area contributed by atoms with Gasteiger partial charge in [-0.1, -0.05) is 24.3 Å². The van der Waals surface area contributed by atoms with Gasteiger partial charge in [0.2, 0.25) is 5.91 Å². The van der Waals surface area contributed by atoms with E-state index in [1.165, 1.54) is 0 Å². The Bertz CT molecular complexity index is 462. The fraction of sp³-hybridized carbons (Fsp3) is 0.429. The largest absolute Gasteiger partial charge is 0.394 e. The highest BCUT2D eigenvalue weighted by Crippen LogP contribution is 2.21. The number of aliphatic hydroxyl groups is 1. The van der Waals surface area contributed by atoms with E-state index in [0.717, 1.165) is 17.5 Å². The van der Waals surface area contributed by atoms with Crippen molar-refractivity contribution in [1.29, 1.82) is 5.26 Å². The van der Waals surface area contributed by atoms with Crippen molar-refractivity contribution >= 4 is 5.91 Å². The lowest BCUT2D eigenvalue weighted by atomic mass is 10.1. The van der Waals surface area contributed by atoms with E-state index >= 15 is 0 Å². The minimum atomic E-state index is -0.0451. The molecule has 1 aliphatic rings. The normalized spacial score (nSPS) is 19.0. The van der Waals surface area contributed by atoms with E-state index in [4.69, 9.17) is 5.26 Å². The number of hydrogen-bond donors (Lipinski definition) is 1. The summed E-state index contributed by atoms with van der Waals surface area (Å²) in [5.74, 6) is 0.107. The van der Waals surface area contributed by atoms with Gasteiger partial charge in [0.25, 0.3) is 0 Å². The zero-order chi connectivity index (χ0) is 13.0. The molecule has 94 valence electrons. The van der Waals surface area contributed by atoms with E-state index in [2.05, 4.69) is 6.07 Å². The third-order valence-electron chi connectivity index (χ3n) is 3.32. The van der Waals surface area contributed by atoms with Crippen molar-refractivity contribution in [2.45, 2.75) is 31.8 Å². The third kappa shape index (κ3) is 2.69. The lowest BCUT2D eigenvalue weighted by Gasteiger charge is -2.23. The number of nitrogens with zero attached hydrogens (tertiary/aromatic N) is 2. The highest BCUT2D eigenvalue weighted by molar-refractivity contribution is 5.78. The average Bonchev–Trinajstić information content (AvgIpc) is 2.73. The topological polar surface area (TPSA) is 64.3 Å². The van der Waals surface area contributed by atoms with Crippen LogP contribution in [0.5, 0.6) is 0 Å². The van der Waals surface area contributed by atoms with Gasteiger partial charge in [0.05, 0.1) is 25.1 Å². The number of hydrogen-bond acceptors (Lipinski definition) is 3. The molecule has 0 aliphatic carbocycles. The number of benzene rings is 1. The molecule has 0 spiro atoms. The summed E-state index contributed by atoms with van der Waals surface area (Å²) in [6.07, 6.45) is 1.67. The van der Waals surface area contributed by atoms with Gasteiger partial charge in [-0.3, -0.25) is 4.79 Å². The number of nitriles is 1. The molecule has 1 fully saturated rings. The maximum atomic E-state index is 11.7. The first kappa shape index (κ1) is 12.6. The Morgan fingerprint density at radius 3 is 2.61 bits per heavy atom. The Labute approximate surface area is 106 Å². The summed E-state index contributed by atoms with van der Waals surface area (Å²) >= 11 is 0. The highest BCUT2D eigenvalue weighted by Gasteiger charge is 2.29. The van der Waals surface area contributed by atoms with E-state index in [1.54, 1.807) is 4.90 Å². The van der Waals surface area contributed by atoms with Gasteiger partial charge in [-0.05, 0) is 17.5 Å². The first-order valence-electron chi connectivity index (χ1n) is 6.09. The van der Waals surface area contributed by atoms with Crippen molar-refractivity contribution in [3.05, 3.63) is 35.4 Å². The Balaban J connectivity index is 2.04. The molecule has 4 nitrogen and oxygen atoms in total. The van der Waals surface area contributed by atoms with Crippen LogP contribution < -0.4 is 0 Å². The molecule has 0 bridgehead atoms. The first-order chi connectivity index (χ1) is 8.74. The minimum Gasteiger partial charge on any atom is -0.394 e. The number of rotatable bonds is 4. The first-order valence-corrected chi connectivity index (χ1v) is 6.09. The smallest absolute Gasteiger partial charge is 0.223 e. The van der Waals surface area contributed by atoms with E-state index < -0.39 is 0 Å². The molecular weight excluding hydrogens is 228 g/mol. The molecule has 1 atom stereocenters. The molecule has 0 aromatic heterocycles. The Hall–Kier alpha value is -1.86. The molecule has 1 aromatic rings. The number of carbonyl (C=O) groups excluding carboxylic acids is 1. The summed E-state index contributed by atoms with van der Waals surface area (Å²) < 4.78 is 0. The monoisotopic (exact) mass is 244 g/mol. The Morgan fingerprint density at radius 2 is 2.00 bits per heavy atom. The zero-order valence-electron chi connectivity index (χ0n) is 10.2. The number of likely N-dealkylation sites (tertiary alicyclic amines) is 1. The molecule has 1 aliphatic heterocycles. The second kappa shape index (κ2) is 5.65. The minimum absolute atomic E-state index is 0.0260. The van der Waals surface area contributed by atoms with Gasteiger partial charge in [-0.2, -0.15) is 5.26 Å². The van der Waals surface area contributed by atoms with Gasteiger partial charge in [0.1, 0.15) is 0 Å². The van der Waals surface area contributed by atoms with Gasteiger partial charge in [0, 0.05) is 13.0 Å². The molecule has 1 N–H and O–H groups in total. The van der Waals surface area contributed by atoms with Crippen LogP contribution in [0.3, 0.4) is 0 Å². The molecule has 1 heterocycles. The third-order valence-corrected chi connectivity index (χ3v) is 3.32. The second-order valence-corrected chi connectivity index (χ2v) is 4.55. The van der Waals surface area contributed by atoms with Gasteiger partial charge >= 0.3 is 0 Å². The molecule has 2 rings (SSSR count). The van der Waals surface area contributed by atoms with Crippen LogP contribution in [0.25, 0.3) is 0 Å². The van der Waals surface area contributed by atoms with Crippen LogP contribution in [-0.2, 0) is 17.8 Å². The van der Waals surface area contributed by atoms with Crippen LogP contribution in [0, 0.1) is 11.3 Å². The van der Waals surface area contributed by atoms with Crippen LogP contribution in [0.2, 0.25) is 0 Å². The van der Waals surface area contributed by atoms with Crippen LogP contribution >= 0.6 is 0 Å². The lowest BCUT2D eigenvalue weighted by Crippen LogP contribution is -2.34. The summed E-state index contributed by atoms with van der Waals surface area (Å²) in [5.41, 5.74) is 2.01. The van der Waals surface area contributed by atoms with E-state index in [9.17, 15) is 9.90 Å². The van der Waals surface area contributed by atoms with E-state index in [-0.39, 0.29) is 18.6 Å². The van der Waals surface area contributed by atoms with Crippen molar-refractivity contribution in [2.75, 3.05) is 6.61 Å². The van der Waals surface area contributed by atoms with Crippen molar-refractivity contribution in [3.8, 4) is 6.07 Å². The summed E-state index contributed by atoms with van der Waals surface area (Å²) in [6.45, 7) is 0.565. The standard InChI is InChI=1S/C14H16N2O2/c15-8-7-11-1-3-12(4-2-11)9-16-13(10-17)5-6-14(16)18/h1-4,13,17H,5-7,9-10H2/t13-/m1/s1. The fourth-order valence-corrected chi connectivity index (χ4v) is 2.25. The maximum absolute atomic E-state index is 11.7. The molecule has 0 unspecified atom stereocenters. The van der Waals surface area contributed by atoms with Crippen LogP contribution in [0.15, 0.2) is 24.3 Å². The number of carbonyl (C=O) groups is 1. The summed E-state index contributed by atoms with van der Waals surface area (Å²) in [6, 6.07) is 9.75. The Kier molecular flexibility index (Phi) is 3.96. The van der Waals surface area contributed by atoms with Gasteiger partial charge in [0.15, 0.2) is 0 Å². The van der Waals surface area contributed by atoms with Crippen LogP contribution in [-0.4, -0.2) is 28.6 Å². The quantitative estimate of drug-likeness (QED) is 0.866. The zero-order valence-corrected chi connectivity index (χ0v) is 10.2. The van der Waals surface area contributed by atoms with Crippen molar-refractivity contribution in [3.63, 3.8) is 0 Å². The van der Waals surface area contributed by atoms with Gasteiger partial charge in [-0.15, -0.1) is 0 Å².